The predicted molar refractivity (Wildman–Crippen MR) is 82.8 cm³/mol. The Kier molecular flexibility index (Phi) is 4.08. The molecule has 0 bridgehead atoms. The molecule has 0 spiro atoms. The molecular weight excluding hydrogens is 325 g/mol. The lowest BCUT2D eigenvalue weighted by Crippen LogP contribution is -2.45. The number of alkyl halides is 1. The molecule has 1 saturated heterocycles. The number of nitrogens with zero attached hydrogens (tertiary/aromatic N) is 3. The molecular formula is C15H19ClFN3O3. The summed E-state index contributed by atoms with van der Waals surface area (Å²) in [6.07, 6.45) is 1.40. The first-order valence-electron chi connectivity index (χ1n) is 7.44. The summed E-state index contributed by atoms with van der Waals surface area (Å²) in [5, 5.41) is 10.5. The van der Waals surface area contributed by atoms with Gasteiger partial charge in [-0.2, -0.15) is 0 Å². The van der Waals surface area contributed by atoms with Gasteiger partial charge in [-0.1, -0.05) is 18.5 Å². The van der Waals surface area contributed by atoms with Gasteiger partial charge in [-0.3, -0.25) is 0 Å². The van der Waals surface area contributed by atoms with E-state index in [1.54, 1.807) is 37.6 Å². The first kappa shape index (κ1) is 16.6. The molecule has 0 saturated carbocycles. The van der Waals surface area contributed by atoms with E-state index >= 15 is 4.39 Å². The van der Waals surface area contributed by atoms with Gasteiger partial charge in [0.05, 0.1) is 12.0 Å². The molecule has 1 fully saturated rings. The Morgan fingerprint density at radius 1 is 1.43 bits per heavy atom. The number of fused-ring (bicyclic) bond motifs is 1. The van der Waals surface area contributed by atoms with Crippen molar-refractivity contribution in [2.75, 3.05) is 6.61 Å². The van der Waals surface area contributed by atoms with Crippen LogP contribution in [-0.2, 0) is 9.47 Å². The quantitative estimate of drug-likeness (QED) is 0.864. The third kappa shape index (κ3) is 2.71. The molecule has 0 aromatic carbocycles. The van der Waals surface area contributed by atoms with Gasteiger partial charge in [0.1, 0.15) is 23.2 Å². The second-order valence-electron chi connectivity index (χ2n) is 6.12. The summed E-state index contributed by atoms with van der Waals surface area (Å²) in [5.74, 6) is -0.982. The van der Waals surface area contributed by atoms with E-state index < -0.39 is 30.4 Å². The van der Waals surface area contributed by atoms with Crippen molar-refractivity contribution in [1.29, 1.82) is 0 Å². The topological polar surface area (TPSA) is 69.4 Å². The van der Waals surface area contributed by atoms with Crippen molar-refractivity contribution in [3.63, 3.8) is 0 Å². The minimum Gasteiger partial charge on any atom is -0.393 e. The van der Waals surface area contributed by atoms with Gasteiger partial charge in [-0.05, 0) is 26.3 Å². The smallest absolute Gasteiger partial charge is 0.168 e. The van der Waals surface area contributed by atoms with E-state index in [2.05, 4.69) is 9.97 Å². The van der Waals surface area contributed by atoms with Crippen molar-refractivity contribution in [1.82, 2.24) is 14.5 Å². The van der Waals surface area contributed by atoms with Crippen LogP contribution in [0.5, 0.6) is 0 Å². The molecule has 0 radical (unpaired) electrons. The van der Waals surface area contributed by atoms with Gasteiger partial charge in [0, 0.05) is 6.20 Å². The number of aliphatic hydroxyl groups excluding tert-OH is 1. The Morgan fingerprint density at radius 3 is 2.83 bits per heavy atom. The lowest BCUT2D eigenvalue weighted by molar-refractivity contribution is -0.166. The number of rotatable bonds is 4. The third-order valence-electron chi connectivity index (χ3n) is 4.17. The highest BCUT2D eigenvalue weighted by atomic mass is 35.5. The average Bonchev–Trinajstić information content (AvgIpc) is 3.08. The first-order valence-corrected chi connectivity index (χ1v) is 7.81. The number of aromatic nitrogens is 3. The Labute approximate surface area is 138 Å². The standard InChI is InChI=1S/C15H19ClFN3O3/c1-4-15(17,7-21)10-13(23-14(2,3)22-10)20-6-5-9-11(16)18-8-19-12(9)20/h5-6,8,10,13,21H,4,7H2,1-3H3/t10-,13+,15-/m0/s1. The fraction of sp³-hybridized carbons (Fsp3) is 0.600. The summed E-state index contributed by atoms with van der Waals surface area (Å²) in [6.45, 7) is 4.43. The highest BCUT2D eigenvalue weighted by molar-refractivity contribution is 6.33. The molecule has 6 nitrogen and oxygen atoms in total. The molecule has 0 unspecified atom stereocenters. The Hall–Kier alpha value is -1.28. The SMILES string of the molecule is CC[C@](F)(CO)[C@H]1OC(C)(C)O[C@H]1n1ccc2c(Cl)ncnc21. The number of ether oxygens (including phenoxy) is 2. The zero-order valence-corrected chi connectivity index (χ0v) is 13.9. The van der Waals surface area contributed by atoms with Gasteiger partial charge < -0.3 is 19.1 Å². The fourth-order valence-electron chi connectivity index (χ4n) is 2.86. The second kappa shape index (κ2) is 5.66. The molecule has 126 valence electrons. The van der Waals surface area contributed by atoms with Crippen LogP contribution >= 0.6 is 11.6 Å². The summed E-state index contributed by atoms with van der Waals surface area (Å²) in [7, 11) is 0. The highest BCUT2D eigenvalue weighted by Crippen LogP contribution is 2.43. The van der Waals surface area contributed by atoms with E-state index in [0.717, 1.165) is 0 Å². The van der Waals surface area contributed by atoms with Gasteiger partial charge in [0.2, 0.25) is 0 Å². The molecule has 8 heteroatoms. The van der Waals surface area contributed by atoms with Crippen molar-refractivity contribution in [2.45, 2.75) is 51.0 Å². The van der Waals surface area contributed by atoms with Gasteiger partial charge in [0.25, 0.3) is 0 Å². The molecule has 1 aliphatic rings. The third-order valence-corrected chi connectivity index (χ3v) is 4.47. The van der Waals surface area contributed by atoms with Crippen LogP contribution in [0.25, 0.3) is 11.0 Å². The van der Waals surface area contributed by atoms with Gasteiger partial charge >= 0.3 is 0 Å². The summed E-state index contributed by atoms with van der Waals surface area (Å²) in [5.41, 5.74) is -1.40. The molecule has 3 atom stereocenters. The van der Waals surface area contributed by atoms with Gasteiger partial charge in [-0.15, -0.1) is 0 Å². The minimum atomic E-state index is -1.92. The van der Waals surface area contributed by atoms with Gasteiger partial charge in [-0.25, -0.2) is 14.4 Å². The van der Waals surface area contributed by atoms with Crippen molar-refractivity contribution in [3.8, 4) is 0 Å². The van der Waals surface area contributed by atoms with Crippen LogP contribution < -0.4 is 0 Å². The Balaban J connectivity index is 2.09. The van der Waals surface area contributed by atoms with Crippen molar-refractivity contribution in [3.05, 3.63) is 23.7 Å². The van der Waals surface area contributed by atoms with Crippen LogP contribution in [0.4, 0.5) is 4.39 Å². The summed E-state index contributed by atoms with van der Waals surface area (Å²) < 4.78 is 28.4. The van der Waals surface area contributed by atoms with E-state index in [9.17, 15) is 5.11 Å². The molecule has 0 amide bonds. The fourth-order valence-corrected chi connectivity index (χ4v) is 3.05. The van der Waals surface area contributed by atoms with Crippen LogP contribution in [0.2, 0.25) is 5.15 Å². The molecule has 1 N–H and O–H groups in total. The maximum Gasteiger partial charge on any atom is 0.168 e. The average molecular weight is 344 g/mol. The lowest BCUT2D eigenvalue weighted by Gasteiger charge is -2.31. The van der Waals surface area contributed by atoms with E-state index in [0.29, 0.717) is 16.2 Å². The Bertz CT molecular complexity index is 717. The monoisotopic (exact) mass is 343 g/mol. The maximum absolute atomic E-state index is 15.1. The summed E-state index contributed by atoms with van der Waals surface area (Å²) in [6, 6.07) is 1.74. The molecule has 2 aromatic rings. The zero-order chi connectivity index (χ0) is 16.8. The number of hydrogen-bond acceptors (Lipinski definition) is 5. The largest absolute Gasteiger partial charge is 0.393 e. The lowest BCUT2D eigenvalue weighted by atomic mass is 9.95. The van der Waals surface area contributed by atoms with E-state index in [1.165, 1.54) is 6.33 Å². The van der Waals surface area contributed by atoms with E-state index in [4.69, 9.17) is 21.1 Å². The molecule has 0 aliphatic carbocycles. The second-order valence-corrected chi connectivity index (χ2v) is 6.48. The molecule has 23 heavy (non-hydrogen) atoms. The molecule has 3 heterocycles. The van der Waals surface area contributed by atoms with E-state index in [1.807, 2.05) is 0 Å². The van der Waals surface area contributed by atoms with Crippen LogP contribution in [0.3, 0.4) is 0 Å². The number of hydrogen-bond donors (Lipinski definition) is 1. The maximum atomic E-state index is 15.1. The normalized spacial score (nSPS) is 26.5. The van der Waals surface area contributed by atoms with Crippen LogP contribution in [0.15, 0.2) is 18.6 Å². The number of aliphatic hydroxyl groups is 1. The molecule has 2 aromatic heterocycles. The summed E-state index contributed by atoms with van der Waals surface area (Å²) >= 11 is 6.06. The predicted octanol–water partition coefficient (Wildman–Crippen LogP) is 2.85. The number of halogens is 2. The molecule has 3 rings (SSSR count). The first-order chi connectivity index (χ1) is 10.8. The summed E-state index contributed by atoms with van der Waals surface area (Å²) in [4.78, 5) is 8.14. The van der Waals surface area contributed by atoms with Crippen LogP contribution in [-0.4, -0.2) is 43.8 Å². The van der Waals surface area contributed by atoms with Crippen molar-refractivity contribution in [2.24, 2.45) is 0 Å². The highest BCUT2D eigenvalue weighted by Gasteiger charge is 2.53. The molecule has 1 aliphatic heterocycles. The Morgan fingerprint density at radius 2 is 2.17 bits per heavy atom. The minimum absolute atomic E-state index is 0.0963. The van der Waals surface area contributed by atoms with Crippen molar-refractivity contribution < 1.29 is 19.0 Å². The van der Waals surface area contributed by atoms with Crippen LogP contribution in [0, 0.1) is 0 Å². The van der Waals surface area contributed by atoms with E-state index in [-0.39, 0.29) is 6.42 Å². The van der Waals surface area contributed by atoms with Crippen LogP contribution in [0.1, 0.15) is 33.4 Å². The van der Waals surface area contributed by atoms with Gasteiger partial charge in [0.15, 0.2) is 17.7 Å². The van der Waals surface area contributed by atoms with Crippen molar-refractivity contribution >= 4 is 22.6 Å². The zero-order valence-electron chi connectivity index (χ0n) is 13.2.